The highest BCUT2D eigenvalue weighted by Crippen LogP contribution is 2.29. The fourth-order valence-electron chi connectivity index (χ4n) is 3.75. The van der Waals surface area contributed by atoms with Crippen LogP contribution < -0.4 is 4.73 Å². The van der Waals surface area contributed by atoms with Gasteiger partial charge in [-0.1, -0.05) is 24.3 Å². The summed E-state index contributed by atoms with van der Waals surface area (Å²) in [5.41, 5.74) is 4.01. The van der Waals surface area contributed by atoms with Crippen LogP contribution in [0.15, 0.2) is 48.7 Å². The van der Waals surface area contributed by atoms with E-state index in [1.165, 1.54) is 18.3 Å². The van der Waals surface area contributed by atoms with Crippen LogP contribution in [0.3, 0.4) is 0 Å². The molecule has 4 aromatic rings. The SMILES string of the molecule is [O-][n+]1cc2nc3n(c2c2c(COCc4ccc(F)cc4)cccc21)CCOC3. The highest BCUT2D eigenvalue weighted by atomic mass is 19.1. The zero-order valence-corrected chi connectivity index (χ0v) is 15.1. The van der Waals surface area contributed by atoms with Crippen molar-refractivity contribution in [3.05, 3.63) is 76.6 Å². The molecule has 5 rings (SSSR count). The lowest BCUT2D eigenvalue weighted by molar-refractivity contribution is -0.575. The maximum atomic E-state index is 13.1. The van der Waals surface area contributed by atoms with E-state index in [1.54, 1.807) is 12.1 Å². The molecule has 0 amide bonds. The summed E-state index contributed by atoms with van der Waals surface area (Å²) in [6, 6.07) is 11.9. The number of ether oxygens (including phenoxy) is 2. The number of fused-ring (bicyclic) bond motifs is 5. The zero-order valence-electron chi connectivity index (χ0n) is 15.1. The molecular formula is C21H18FN3O3. The minimum atomic E-state index is -0.269. The lowest BCUT2D eigenvalue weighted by Crippen LogP contribution is -2.27. The Morgan fingerprint density at radius 3 is 2.89 bits per heavy atom. The van der Waals surface area contributed by atoms with Gasteiger partial charge in [-0.2, -0.15) is 4.73 Å². The molecule has 1 aliphatic rings. The van der Waals surface area contributed by atoms with E-state index >= 15 is 0 Å². The van der Waals surface area contributed by atoms with E-state index in [-0.39, 0.29) is 5.82 Å². The van der Waals surface area contributed by atoms with Gasteiger partial charge in [0.15, 0.2) is 5.52 Å². The Morgan fingerprint density at radius 2 is 2.04 bits per heavy atom. The van der Waals surface area contributed by atoms with Gasteiger partial charge in [0.2, 0.25) is 11.7 Å². The summed E-state index contributed by atoms with van der Waals surface area (Å²) >= 11 is 0. The molecule has 28 heavy (non-hydrogen) atoms. The van der Waals surface area contributed by atoms with Crippen LogP contribution in [0.2, 0.25) is 0 Å². The van der Waals surface area contributed by atoms with Crippen LogP contribution >= 0.6 is 0 Å². The lowest BCUT2D eigenvalue weighted by atomic mass is 10.1. The van der Waals surface area contributed by atoms with Crippen LogP contribution in [0, 0.1) is 11.0 Å². The second-order valence-electron chi connectivity index (χ2n) is 6.85. The van der Waals surface area contributed by atoms with Crippen molar-refractivity contribution in [2.45, 2.75) is 26.4 Å². The molecule has 0 saturated heterocycles. The standard InChI is InChI=1S/C21H18FN3O3/c22-16-6-4-14(5-7-16)11-28-12-15-2-1-3-18-20(15)21-17(10-25(18)26)23-19-13-27-9-8-24(19)21/h1-7,10H,8-9,11-13H2. The Hall–Kier alpha value is -3.03. The van der Waals surface area contributed by atoms with E-state index in [9.17, 15) is 9.60 Å². The van der Waals surface area contributed by atoms with Crippen LogP contribution in [0.5, 0.6) is 0 Å². The van der Waals surface area contributed by atoms with Gasteiger partial charge >= 0.3 is 0 Å². The zero-order chi connectivity index (χ0) is 19.1. The lowest BCUT2D eigenvalue weighted by Gasteiger charge is -2.16. The summed E-state index contributed by atoms with van der Waals surface area (Å²) in [4.78, 5) is 4.58. The van der Waals surface area contributed by atoms with Gasteiger partial charge in [-0.25, -0.2) is 9.37 Å². The largest absolute Gasteiger partial charge is 0.618 e. The van der Waals surface area contributed by atoms with Crippen molar-refractivity contribution in [3.63, 3.8) is 0 Å². The van der Waals surface area contributed by atoms with Crippen LogP contribution in [-0.2, 0) is 35.8 Å². The second kappa shape index (κ2) is 6.85. The van der Waals surface area contributed by atoms with E-state index in [2.05, 4.69) is 9.55 Å². The Balaban J connectivity index is 1.55. The molecule has 0 radical (unpaired) electrons. The van der Waals surface area contributed by atoms with Crippen molar-refractivity contribution in [1.29, 1.82) is 0 Å². The molecule has 0 saturated carbocycles. The van der Waals surface area contributed by atoms with Crippen molar-refractivity contribution in [1.82, 2.24) is 9.55 Å². The molecule has 7 heteroatoms. The monoisotopic (exact) mass is 379 g/mol. The summed E-state index contributed by atoms with van der Waals surface area (Å²) in [6.45, 7) is 2.47. The number of hydrogen-bond acceptors (Lipinski definition) is 4. The molecule has 6 nitrogen and oxygen atoms in total. The average Bonchev–Trinajstić information content (AvgIpc) is 3.08. The minimum absolute atomic E-state index is 0.269. The molecule has 0 fully saturated rings. The maximum Gasteiger partial charge on any atom is 0.226 e. The predicted octanol–water partition coefficient (Wildman–Crippen LogP) is 3.21. The molecule has 3 heterocycles. The molecule has 142 valence electrons. The topological polar surface area (TPSA) is 63.2 Å². The number of nitrogens with zero attached hydrogens (tertiary/aromatic N) is 3. The first kappa shape index (κ1) is 17.1. The van der Waals surface area contributed by atoms with Gasteiger partial charge in [0.05, 0.1) is 30.7 Å². The number of rotatable bonds is 4. The highest BCUT2D eigenvalue weighted by molar-refractivity contribution is 6.02. The third-order valence-corrected chi connectivity index (χ3v) is 5.05. The van der Waals surface area contributed by atoms with Crippen LogP contribution in [-0.4, -0.2) is 16.2 Å². The normalized spacial score (nSPS) is 13.9. The third kappa shape index (κ3) is 2.89. The van der Waals surface area contributed by atoms with E-state index in [0.29, 0.717) is 44.0 Å². The van der Waals surface area contributed by atoms with Crippen molar-refractivity contribution in [3.8, 4) is 0 Å². The molecular weight excluding hydrogens is 361 g/mol. The van der Waals surface area contributed by atoms with Crippen molar-refractivity contribution >= 4 is 21.9 Å². The first-order valence-corrected chi connectivity index (χ1v) is 9.13. The molecule has 2 aromatic carbocycles. The summed E-state index contributed by atoms with van der Waals surface area (Å²) < 4.78 is 27.4. The first-order valence-electron chi connectivity index (χ1n) is 9.13. The van der Waals surface area contributed by atoms with E-state index in [4.69, 9.17) is 9.47 Å². The molecule has 2 aromatic heterocycles. The van der Waals surface area contributed by atoms with Gasteiger partial charge in [-0.15, -0.1) is 0 Å². The van der Waals surface area contributed by atoms with Crippen molar-refractivity contribution in [2.75, 3.05) is 6.61 Å². The number of halogens is 1. The molecule has 1 aliphatic heterocycles. The quantitative estimate of drug-likeness (QED) is 0.404. The highest BCUT2D eigenvalue weighted by Gasteiger charge is 2.22. The van der Waals surface area contributed by atoms with Crippen LogP contribution in [0.1, 0.15) is 17.0 Å². The second-order valence-corrected chi connectivity index (χ2v) is 6.85. The van der Waals surface area contributed by atoms with Gasteiger partial charge in [0.1, 0.15) is 18.2 Å². The summed E-state index contributed by atoms with van der Waals surface area (Å²) in [5, 5.41) is 13.4. The Morgan fingerprint density at radius 1 is 1.18 bits per heavy atom. The van der Waals surface area contributed by atoms with Crippen molar-refractivity contribution < 1.29 is 18.6 Å². The Labute approximate surface area is 160 Å². The molecule has 0 unspecified atom stereocenters. The summed E-state index contributed by atoms with van der Waals surface area (Å²) in [5.74, 6) is 0.561. The van der Waals surface area contributed by atoms with Crippen LogP contribution in [0.25, 0.3) is 21.9 Å². The summed E-state index contributed by atoms with van der Waals surface area (Å²) in [7, 11) is 0. The van der Waals surface area contributed by atoms with Gasteiger partial charge < -0.3 is 19.2 Å². The van der Waals surface area contributed by atoms with Gasteiger partial charge in [0, 0.05) is 12.6 Å². The Bertz CT molecular complexity index is 1170. The fourth-order valence-corrected chi connectivity index (χ4v) is 3.75. The van der Waals surface area contributed by atoms with E-state index in [0.717, 1.165) is 32.6 Å². The Kier molecular flexibility index (Phi) is 4.18. The molecule has 0 spiro atoms. The number of imidazole rings is 1. The average molecular weight is 379 g/mol. The molecule has 0 bridgehead atoms. The van der Waals surface area contributed by atoms with Gasteiger partial charge in [-0.3, -0.25) is 0 Å². The molecule has 0 aliphatic carbocycles. The number of benzene rings is 2. The summed E-state index contributed by atoms with van der Waals surface area (Å²) in [6.07, 6.45) is 1.52. The molecule has 0 N–H and O–H groups in total. The van der Waals surface area contributed by atoms with E-state index < -0.39 is 0 Å². The number of hydrogen-bond donors (Lipinski definition) is 0. The number of pyridine rings is 1. The van der Waals surface area contributed by atoms with Gasteiger partial charge in [0.25, 0.3) is 0 Å². The smallest absolute Gasteiger partial charge is 0.226 e. The third-order valence-electron chi connectivity index (χ3n) is 5.05. The van der Waals surface area contributed by atoms with Crippen LogP contribution in [0.4, 0.5) is 4.39 Å². The fraction of sp³-hybridized carbons (Fsp3) is 0.238. The first-order chi connectivity index (χ1) is 13.7. The maximum absolute atomic E-state index is 13.1. The predicted molar refractivity (Wildman–Crippen MR) is 101 cm³/mol. The van der Waals surface area contributed by atoms with E-state index in [1.807, 2.05) is 18.2 Å². The molecule has 0 atom stereocenters. The van der Waals surface area contributed by atoms with Gasteiger partial charge in [-0.05, 0) is 23.3 Å². The van der Waals surface area contributed by atoms with Crippen molar-refractivity contribution in [2.24, 2.45) is 0 Å². The minimum Gasteiger partial charge on any atom is -0.618 e. The number of aromatic nitrogens is 3.